The van der Waals surface area contributed by atoms with E-state index in [-0.39, 0.29) is 11.4 Å². The number of aliphatic hydroxyl groups is 1. The molecular weight excluding hydrogens is 192 g/mol. The summed E-state index contributed by atoms with van der Waals surface area (Å²) in [7, 11) is 0. The number of aliphatic hydroxyl groups excluding tert-OH is 1. The van der Waals surface area contributed by atoms with E-state index in [1.54, 1.807) is 11.8 Å². The Kier molecular flexibility index (Phi) is 4.77. The van der Waals surface area contributed by atoms with Crippen LogP contribution in [0.1, 0.15) is 13.3 Å². The summed E-state index contributed by atoms with van der Waals surface area (Å²) in [6, 6.07) is 10.2. The predicted molar refractivity (Wildman–Crippen MR) is 62.6 cm³/mol. The zero-order valence-corrected chi connectivity index (χ0v) is 9.20. The van der Waals surface area contributed by atoms with E-state index < -0.39 is 0 Å². The van der Waals surface area contributed by atoms with E-state index in [0.717, 1.165) is 6.42 Å². The smallest absolute Gasteiger partial charge is 0.0525 e. The number of hydrogen-bond acceptors (Lipinski definition) is 2. The molecule has 0 heterocycles. The molecule has 0 fully saturated rings. The van der Waals surface area contributed by atoms with E-state index in [2.05, 4.69) is 18.7 Å². The molecule has 2 atom stereocenters. The molecule has 2 heteroatoms. The van der Waals surface area contributed by atoms with Gasteiger partial charge in [-0.1, -0.05) is 24.3 Å². The summed E-state index contributed by atoms with van der Waals surface area (Å²) in [4.78, 5) is 1.22. The first kappa shape index (κ1) is 11.3. The van der Waals surface area contributed by atoms with E-state index in [9.17, 15) is 5.11 Å². The van der Waals surface area contributed by atoms with Crippen molar-refractivity contribution in [2.45, 2.75) is 29.6 Å². The molecule has 0 saturated carbocycles. The number of benzene rings is 1. The lowest BCUT2D eigenvalue weighted by atomic mass is 10.2. The minimum Gasteiger partial charge on any atom is -0.393 e. The van der Waals surface area contributed by atoms with Crippen molar-refractivity contribution in [2.24, 2.45) is 0 Å². The quantitative estimate of drug-likeness (QED) is 0.592. The molecule has 0 aliphatic carbocycles. The van der Waals surface area contributed by atoms with Gasteiger partial charge in [0.15, 0.2) is 0 Å². The summed E-state index contributed by atoms with van der Waals surface area (Å²) in [5.74, 6) is 0. The normalized spacial score (nSPS) is 14.7. The summed E-state index contributed by atoms with van der Waals surface area (Å²) >= 11 is 1.74. The molecule has 0 bridgehead atoms. The Morgan fingerprint density at radius 1 is 1.43 bits per heavy atom. The fourth-order valence-electron chi connectivity index (χ4n) is 1.20. The van der Waals surface area contributed by atoms with Crippen molar-refractivity contribution < 1.29 is 5.11 Å². The van der Waals surface area contributed by atoms with Crippen molar-refractivity contribution in [2.75, 3.05) is 0 Å². The topological polar surface area (TPSA) is 20.2 Å². The maximum Gasteiger partial charge on any atom is 0.0525 e. The van der Waals surface area contributed by atoms with E-state index >= 15 is 0 Å². The SMILES string of the molecule is C=CC(C[C@@H](C)O)Sc1ccccc1. The van der Waals surface area contributed by atoms with Gasteiger partial charge in [0.25, 0.3) is 0 Å². The Labute approximate surface area is 89.8 Å². The molecule has 0 amide bonds. The lowest BCUT2D eigenvalue weighted by molar-refractivity contribution is 0.187. The van der Waals surface area contributed by atoms with Crippen molar-refractivity contribution >= 4 is 11.8 Å². The van der Waals surface area contributed by atoms with Gasteiger partial charge in [0.1, 0.15) is 0 Å². The van der Waals surface area contributed by atoms with Crippen molar-refractivity contribution in [3.63, 3.8) is 0 Å². The highest BCUT2D eigenvalue weighted by Crippen LogP contribution is 2.26. The van der Waals surface area contributed by atoms with Crippen LogP contribution in [0.2, 0.25) is 0 Å². The van der Waals surface area contributed by atoms with Crippen LogP contribution in [0.3, 0.4) is 0 Å². The maximum atomic E-state index is 9.27. The van der Waals surface area contributed by atoms with Crippen LogP contribution in [0.25, 0.3) is 0 Å². The Balaban J connectivity index is 2.53. The first-order chi connectivity index (χ1) is 6.72. The largest absolute Gasteiger partial charge is 0.393 e. The monoisotopic (exact) mass is 208 g/mol. The van der Waals surface area contributed by atoms with Crippen LogP contribution >= 0.6 is 11.8 Å². The Hall–Kier alpha value is -0.730. The molecule has 0 aliphatic rings. The van der Waals surface area contributed by atoms with Crippen molar-refractivity contribution in [3.8, 4) is 0 Å². The third-order valence-electron chi connectivity index (χ3n) is 1.87. The van der Waals surface area contributed by atoms with Crippen LogP contribution in [0, 0.1) is 0 Å². The van der Waals surface area contributed by atoms with Crippen LogP contribution < -0.4 is 0 Å². The van der Waals surface area contributed by atoms with Crippen molar-refractivity contribution in [1.29, 1.82) is 0 Å². The van der Waals surface area contributed by atoms with Crippen molar-refractivity contribution in [1.82, 2.24) is 0 Å². The molecule has 0 aromatic heterocycles. The molecule has 1 unspecified atom stereocenters. The average Bonchev–Trinajstić information content (AvgIpc) is 2.17. The summed E-state index contributed by atoms with van der Waals surface area (Å²) in [5, 5.41) is 9.56. The molecule has 1 N–H and O–H groups in total. The summed E-state index contributed by atoms with van der Waals surface area (Å²) in [6.07, 6.45) is 2.38. The highest BCUT2D eigenvalue weighted by molar-refractivity contribution is 8.00. The predicted octanol–water partition coefficient (Wildman–Crippen LogP) is 3.10. The zero-order chi connectivity index (χ0) is 10.4. The second-order valence-corrected chi connectivity index (χ2v) is 4.60. The third-order valence-corrected chi connectivity index (χ3v) is 3.10. The highest BCUT2D eigenvalue weighted by atomic mass is 32.2. The van der Waals surface area contributed by atoms with E-state index in [0.29, 0.717) is 0 Å². The lowest BCUT2D eigenvalue weighted by Crippen LogP contribution is -2.09. The van der Waals surface area contributed by atoms with Gasteiger partial charge in [0, 0.05) is 10.1 Å². The standard InChI is InChI=1S/C12H16OS/c1-3-11(9-10(2)13)14-12-7-5-4-6-8-12/h3-8,10-11,13H,1,9H2,2H3/t10-,11?/m1/s1. The Bertz CT molecular complexity index is 269. The lowest BCUT2D eigenvalue weighted by Gasteiger charge is -2.13. The minimum absolute atomic E-state index is 0.269. The van der Waals surface area contributed by atoms with Gasteiger partial charge in [-0.2, -0.15) is 0 Å². The molecule has 1 nitrogen and oxygen atoms in total. The van der Waals surface area contributed by atoms with E-state index in [1.807, 2.05) is 31.2 Å². The highest BCUT2D eigenvalue weighted by Gasteiger charge is 2.08. The van der Waals surface area contributed by atoms with Crippen LogP contribution in [-0.4, -0.2) is 16.5 Å². The maximum absolute atomic E-state index is 9.27. The average molecular weight is 208 g/mol. The van der Waals surface area contributed by atoms with Gasteiger partial charge in [-0.05, 0) is 25.5 Å². The van der Waals surface area contributed by atoms with Gasteiger partial charge in [-0.25, -0.2) is 0 Å². The molecular formula is C12H16OS. The molecule has 0 spiro atoms. The van der Waals surface area contributed by atoms with Gasteiger partial charge in [0.05, 0.1) is 6.10 Å². The van der Waals surface area contributed by atoms with Crippen LogP contribution in [-0.2, 0) is 0 Å². The van der Waals surface area contributed by atoms with E-state index in [4.69, 9.17) is 0 Å². The second kappa shape index (κ2) is 5.89. The third kappa shape index (κ3) is 3.99. The minimum atomic E-state index is -0.269. The summed E-state index contributed by atoms with van der Waals surface area (Å²) in [6.45, 7) is 5.59. The summed E-state index contributed by atoms with van der Waals surface area (Å²) in [5.41, 5.74) is 0. The molecule has 76 valence electrons. The summed E-state index contributed by atoms with van der Waals surface area (Å²) < 4.78 is 0. The number of thioether (sulfide) groups is 1. The molecule has 1 aromatic carbocycles. The molecule has 0 aliphatic heterocycles. The number of hydrogen-bond donors (Lipinski definition) is 1. The Morgan fingerprint density at radius 3 is 2.57 bits per heavy atom. The molecule has 0 radical (unpaired) electrons. The van der Waals surface area contributed by atoms with Crippen LogP contribution in [0.15, 0.2) is 47.9 Å². The first-order valence-corrected chi connectivity index (χ1v) is 5.62. The molecule has 14 heavy (non-hydrogen) atoms. The number of rotatable bonds is 5. The van der Waals surface area contributed by atoms with Gasteiger partial charge < -0.3 is 5.11 Å². The fourth-order valence-corrected chi connectivity index (χ4v) is 2.34. The van der Waals surface area contributed by atoms with Gasteiger partial charge in [-0.3, -0.25) is 0 Å². The second-order valence-electron chi connectivity index (χ2n) is 3.29. The fraction of sp³-hybridized carbons (Fsp3) is 0.333. The van der Waals surface area contributed by atoms with Crippen molar-refractivity contribution in [3.05, 3.63) is 43.0 Å². The zero-order valence-electron chi connectivity index (χ0n) is 8.39. The van der Waals surface area contributed by atoms with E-state index in [1.165, 1.54) is 4.90 Å². The molecule has 1 rings (SSSR count). The van der Waals surface area contributed by atoms with Gasteiger partial charge in [0.2, 0.25) is 0 Å². The van der Waals surface area contributed by atoms with Gasteiger partial charge in [-0.15, -0.1) is 18.3 Å². The first-order valence-electron chi connectivity index (χ1n) is 4.74. The van der Waals surface area contributed by atoms with Crippen LogP contribution in [0.4, 0.5) is 0 Å². The van der Waals surface area contributed by atoms with Gasteiger partial charge >= 0.3 is 0 Å². The molecule has 0 saturated heterocycles. The Morgan fingerprint density at radius 2 is 2.07 bits per heavy atom. The molecule has 1 aromatic rings. The van der Waals surface area contributed by atoms with Crippen LogP contribution in [0.5, 0.6) is 0 Å².